The normalized spacial score (nSPS) is 10.1. The fraction of sp³-hybridized carbons (Fsp3) is 0. The van der Waals surface area contributed by atoms with E-state index in [-0.39, 0.29) is 0 Å². The Morgan fingerprint density at radius 3 is 2.21 bits per heavy atom. The SMILES string of the molecule is Clc1ccc(-c2ccccc2)cc1I. The van der Waals surface area contributed by atoms with Gasteiger partial charge in [0.1, 0.15) is 0 Å². The quantitative estimate of drug-likeness (QED) is 0.674. The smallest absolute Gasteiger partial charge is 0.0539 e. The van der Waals surface area contributed by atoms with E-state index in [1.54, 1.807) is 0 Å². The van der Waals surface area contributed by atoms with Crippen molar-refractivity contribution >= 4 is 34.2 Å². The Morgan fingerprint density at radius 1 is 0.857 bits per heavy atom. The molecule has 0 aromatic heterocycles. The van der Waals surface area contributed by atoms with E-state index in [0.29, 0.717) is 0 Å². The van der Waals surface area contributed by atoms with Crippen molar-refractivity contribution in [2.75, 3.05) is 0 Å². The van der Waals surface area contributed by atoms with Crippen LogP contribution < -0.4 is 0 Å². The van der Waals surface area contributed by atoms with E-state index in [2.05, 4.69) is 40.8 Å². The van der Waals surface area contributed by atoms with Gasteiger partial charge in [-0.15, -0.1) is 0 Å². The van der Waals surface area contributed by atoms with Gasteiger partial charge in [0, 0.05) is 3.57 Å². The Balaban J connectivity index is 2.48. The van der Waals surface area contributed by atoms with Crippen LogP contribution in [0.15, 0.2) is 48.5 Å². The molecule has 14 heavy (non-hydrogen) atoms. The molecule has 2 rings (SSSR count). The Labute approximate surface area is 102 Å². The molecule has 0 aliphatic rings. The molecule has 0 saturated heterocycles. The highest BCUT2D eigenvalue weighted by molar-refractivity contribution is 14.1. The second-order valence-electron chi connectivity index (χ2n) is 2.99. The first-order chi connectivity index (χ1) is 6.77. The van der Waals surface area contributed by atoms with Gasteiger partial charge < -0.3 is 0 Å². The minimum absolute atomic E-state index is 0.810. The average molecular weight is 315 g/mol. The first-order valence-corrected chi connectivity index (χ1v) is 5.73. The van der Waals surface area contributed by atoms with Gasteiger partial charge in [0.2, 0.25) is 0 Å². The lowest BCUT2D eigenvalue weighted by molar-refractivity contribution is 1.59. The molecule has 2 aromatic carbocycles. The fourth-order valence-corrected chi connectivity index (χ4v) is 1.94. The summed E-state index contributed by atoms with van der Waals surface area (Å²) in [6.45, 7) is 0. The van der Waals surface area contributed by atoms with Crippen molar-refractivity contribution in [2.24, 2.45) is 0 Å². The van der Waals surface area contributed by atoms with Crippen LogP contribution >= 0.6 is 34.2 Å². The van der Waals surface area contributed by atoms with Gasteiger partial charge in [-0.2, -0.15) is 0 Å². The van der Waals surface area contributed by atoms with Gasteiger partial charge in [-0.25, -0.2) is 0 Å². The summed E-state index contributed by atoms with van der Waals surface area (Å²) in [5.74, 6) is 0. The third kappa shape index (κ3) is 2.10. The van der Waals surface area contributed by atoms with Gasteiger partial charge in [-0.1, -0.05) is 48.0 Å². The van der Waals surface area contributed by atoms with Crippen LogP contribution in [0.2, 0.25) is 5.02 Å². The Morgan fingerprint density at radius 2 is 1.57 bits per heavy atom. The van der Waals surface area contributed by atoms with Crippen molar-refractivity contribution in [3.05, 3.63) is 57.1 Å². The van der Waals surface area contributed by atoms with Gasteiger partial charge in [-0.3, -0.25) is 0 Å². The average Bonchev–Trinajstić information content (AvgIpc) is 2.23. The van der Waals surface area contributed by atoms with Crippen LogP contribution in [-0.4, -0.2) is 0 Å². The maximum absolute atomic E-state index is 5.96. The largest absolute Gasteiger partial charge is 0.0832 e. The Bertz CT molecular complexity index is 437. The molecule has 0 spiro atoms. The van der Waals surface area contributed by atoms with Crippen molar-refractivity contribution in [2.45, 2.75) is 0 Å². The zero-order chi connectivity index (χ0) is 9.97. The van der Waals surface area contributed by atoms with Crippen molar-refractivity contribution < 1.29 is 0 Å². The molecule has 0 aliphatic heterocycles. The highest BCUT2D eigenvalue weighted by Crippen LogP contribution is 2.25. The van der Waals surface area contributed by atoms with Crippen LogP contribution in [-0.2, 0) is 0 Å². The minimum Gasteiger partial charge on any atom is -0.0832 e. The van der Waals surface area contributed by atoms with Gasteiger partial charge in [0.15, 0.2) is 0 Å². The molecule has 0 saturated carbocycles. The second-order valence-corrected chi connectivity index (χ2v) is 4.56. The van der Waals surface area contributed by atoms with Crippen LogP contribution in [0.1, 0.15) is 0 Å². The molecular weight excluding hydrogens is 306 g/mol. The lowest BCUT2D eigenvalue weighted by atomic mass is 10.1. The molecule has 0 bridgehead atoms. The molecule has 0 fully saturated rings. The Hall–Kier alpha value is -0.540. The standard InChI is InChI=1S/C12H8ClI/c13-11-7-6-10(8-12(11)14)9-4-2-1-3-5-9/h1-8H. The van der Waals surface area contributed by atoms with Crippen LogP contribution in [0.4, 0.5) is 0 Å². The molecule has 0 unspecified atom stereocenters. The molecule has 2 aromatic rings. The summed E-state index contributed by atoms with van der Waals surface area (Å²) >= 11 is 8.21. The summed E-state index contributed by atoms with van der Waals surface area (Å²) in [6, 6.07) is 16.4. The molecule has 0 atom stereocenters. The van der Waals surface area contributed by atoms with Crippen LogP contribution in [0.3, 0.4) is 0 Å². The van der Waals surface area contributed by atoms with Gasteiger partial charge >= 0.3 is 0 Å². The summed E-state index contributed by atoms with van der Waals surface area (Å²) < 4.78 is 1.09. The lowest BCUT2D eigenvalue weighted by Gasteiger charge is -2.02. The topological polar surface area (TPSA) is 0 Å². The molecular formula is C12H8ClI. The number of halogens is 2. The lowest BCUT2D eigenvalue weighted by Crippen LogP contribution is -1.79. The van der Waals surface area contributed by atoms with E-state index in [4.69, 9.17) is 11.6 Å². The first-order valence-electron chi connectivity index (χ1n) is 4.28. The number of rotatable bonds is 1. The maximum atomic E-state index is 5.96. The minimum atomic E-state index is 0.810. The summed E-state index contributed by atoms with van der Waals surface area (Å²) in [6.07, 6.45) is 0. The third-order valence-corrected chi connectivity index (χ3v) is 3.57. The molecule has 0 radical (unpaired) electrons. The molecule has 0 heterocycles. The predicted octanol–water partition coefficient (Wildman–Crippen LogP) is 4.61. The zero-order valence-electron chi connectivity index (χ0n) is 7.37. The molecule has 2 heteroatoms. The van der Waals surface area contributed by atoms with Crippen LogP contribution in [0.5, 0.6) is 0 Å². The molecule has 0 aliphatic carbocycles. The fourth-order valence-electron chi connectivity index (χ4n) is 1.31. The second kappa shape index (κ2) is 4.32. The maximum Gasteiger partial charge on any atom is 0.0539 e. The van der Waals surface area contributed by atoms with E-state index in [0.717, 1.165) is 8.59 Å². The zero-order valence-corrected chi connectivity index (χ0v) is 10.3. The predicted molar refractivity (Wildman–Crippen MR) is 69.6 cm³/mol. The highest BCUT2D eigenvalue weighted by Gasteiger charge is 2.00. The first kappa shape index (κ1) is 9.99. The van der Waals surface area contributed by atoms with Gasteiger partial charge in [0.25, 0.3) is 0 Å². The molecule has 0 N–H and O–H groups in total. The highest BCUT2D eigenvalue weighted by atomic mass is 127. The summed E-state index contributed by atoms with van der Waals surface area (Å²) in [7, 11) is 0. The third-order valence-electron chi connectivity index (χ3n) is 2.03. The van der Waals surface area contributed by atoms with Crippen molar-refractivity contribution in [1.82, 2.24) is 0 Å². The summed E-state index contributed by atoms with van der Waals surface area (Å²) in [4.78, 5) is 0. The van der Waals surface area contributed by atoms with Crippen LogP contribution in [0.25, 0.3) is 11.1 Å². The summed E-state index contributed by atoms with van der Waals surface area (Å²) in [5, 5.41) is 0.810. The molecule has 0 nitrogen and oxygen atoms in total. The molecule has 70 valence electrons. The van der Waals surface area contributed by atoms with Crippen molar-refractivity contribution in [1.29, 1.82) is 0 Å². The van der Waals surface area contributed by atoms with E-state index in [1.807, 2.05) is 30.3 Å². The van der Waals surface area contributed by atoms with E-state index >= 15 is 0 Å². The van der Waals surface area contributed by atoms with Gasteiger partial charge in [-0.05, 0) is 45.9 Å². The number of hydrogen-bond acceptors (Lipinski definition) is 0. The van der Waals surface area contributed by atoms with E-state index in [9.17, 15) is 0 Å². The van der Waals surface area contributed by atoms with Crippen molar-refractivity contribution in [3.63, 3.8) is 0 Å². The van der Waals surface area contributed by atoms with Gasteiger partial charge in [0.05, 0.1) is 5.02 Å². The molecule has 0 amide bonds. The summed E-state index contributed by atoms with van der Waals surface area (Å²) in [5.41, 5.74) is 2.43. The van der Waals surface area contributed by atoms with Crippen LogP contribution in [0, 0.1) is 3.57 Å². The number of benzene rings is 2. The van der Waals surface area contributed by atoms with Crippen molar-refractivity contribution in [3.8, 4) is 11.1 Å². The number of hydrogen-bond donors (Lipinski definition) is 0. The Kier molecular flexibility index (Phi) is 3.08. The van der Waals surface area contributed by atoms with E-state index < -0.39 is 0 Å². The monoisotopic (exact) mass is 314 g/mol. The van der Waals surface area contributed by atoms with E-state index in [1.165, 1.54) is 11.1 Å².